The molecule has 0 saturated carbocycles. The van der Waals surface area contributed by atoms with Crippen molar-refractivity contribution >= 4 is 23.2 Å². The van der Waals surface area contributed by atoms with Gasteiger partial charge in [-0.1, -0.05) is 18.5 Å². The van der Waals surface area contributed by atoms with Crippen LogP contribution in [0.4, 0.5) is 5.69 Å². The second-order valence-corrected chi connectivity index (χ2v) is 4.03. The minimum atomic E-state index is -0.738. The Labute approximate surface area is 109 Å². The van der Waals surface area contributed by atoms with Gasteiger partial charge in [0.15, 0.2) is 0 Å². The van der Waals surface area contributed by atoms with Gasteiger partial charge in [-0.2, -0.15) is 0 Å². The summed E-state index contributed by atoms with van der Waals surface area (Å²) in [7, 11) is 0. The first-order valence-corrected chi connectivity index (χ1v) is 5.78. The van der Waals surface area contributed by atoms with Crippen molar-refractivity contribution in [2.24, 2.45) is 5.18 Å². The lowest BCUT2D eigenvalue weighted by Gasteiger charge is -2.05. The predicted molar refractivity (Wildman–Crippen MR) is 70.4 cm³/mol. The van der Waals surface area contributed by atoms with E-state index in [-0.39, 0.29) is 12.2 Å². The monoisotopic (exact) mass is 268 g/mol. The number of benzene rings is 1. The maximum atomic E-state index is 11.7. The summed E-state index contributed by atoms with van der Waals surface area (Å²) in [5.41, 5.74) is -0.0263. The minimum Gasteiger partial charge on any atom is -0.510 e. The van der Waals surface area contributed by atoms with Crippen LogP contribution in [0.15, 0.2) is 40.9 Å². The second kappa shape index (κ2) is 6.76. The van der Waals surface area contributed by atoms with E-state index in [0.717, 1.165) is 0 Å². The average Bonchev–Trinajstić information content (AvgIpc) is 2.33. The van der Waals surface area contributed by atoms with Gasteiger partial charge in [-0.15, -0.1) is 4.91 Å². The number of nitroso groups, excluding NO2 is 1. The molecule has 2 N–H and O–H groups in total. The molecule has 0 saturated heterocycles. The van der Waals surface area contributed by atoms with Gasteiger partial charge in [0.2, 0.25) is 5.70 Å². The van der Waals surface area contributed by atoms with Crippen molar-refractivity contribution in [2.75, 3.05) is 5.32 Å². The van der Waals surface area contributed by atoms with Crippen molar-refractivity contribution in [2.45, 2.75) is 19.8 Å². The number of aliphatic hydroxyl groups is 1. The molecule has 18 heavy (non-hydrogen) atoms. The fourth-order valence-electron chi connectivity index (χ4n) is 1.30. The number of hydrogen-bond donors (Lipinski definition) is 2. The molecule has 0 aliphatic carbocycles. The van der Waals surface area contributed by atoms with Gasteiger partial charge < -0.3 is 10.4 Å². The highest BCUT2D eigenvalue weighted by Crippen LogP contribution is 2.16. The molecule has 1 rings (SSSR count). The number of rotatable bonds is 5. The van der Waals surface area contributed by atoms with Crippen LogP contribution in [-0.2, 0) is 4.79 Å². The van der Waals surface area contributed by atoms with E-state index in [1.807, 2.05) is 6.92 Å². The van der Waals surface area contributed by atoms with Crippen LogP contribution in [0.5, 0.6) is 0 Å². The highest BCUT2D eigenvalue weighted by atomic mass is 35.5. The molecule has 96 valence electrons. The van der Waals surface area contributed by atoms with Crippen molar-refractivity contribution in [3.05, 3.63) is 45.7 Å². The molecule has 0 fully saturated rings. The van der Waals surface area contributed by atoms with Gasteiger partial charge in [0, 0.05) is 17.1 Å². The van der Waals surface area contributed by atoms with E-state index >= 15 is 0 Å². The predicted octanol–water partition coefficient (Wildman–Crippen LogP) is 3.61. The Kier molecular flexibility index (Phi) is 5.32. The number of halogens is 1. The molecule has 0 spiro atoms. The molecule has 5 nitrogen and oxygen atoms in total. The molecule has 0 aliphatic heterocycles. The van der Waals surface area contributed by atoms with Crippen LogP contribution in [0.3, 0.4) is 0 Å². The van der Waals surface area contributed by atoms with Crippen molar-refractivity contribution in [1.29, 1.82) is 0 Å². The zero-order valence-corrected chi connectivity index (χ0v) is 10.6. The quantitative estimate of drug-likeness (QED) is 0.486. The summed E-state index contributed by atoms with van der Waals surface area (Å²) in [4.78, 5) is 22.2. The third-order valence-electron chi connectivity index (χ3n) is 2.17. The van der Waals surface area contributed by atoms with Crippen LogP contribution in [0, 0.1) is 4.91 Å². The van der Waals surface area contributed by atoms with Gasteiger partial charge in [0.05, 0.1) is 0 Å². The fraction of sp³-hybridized carbons (Fsp3) is 0.250. The van der Waals surface area contributed by atoms with E-state index in [1.165, 1.54) is 0 Å². The summed E-state index contributed by atoms with van der Waals surface area (Å²) >= 11 is 5.70. The standard InChI is InChI=1S/C12H13ClN2O3/c1-2-3-10(16)11(15-18)12(17)14-9-6-4-8(13)5-7-9/h4-7,16H,2-3H2,1H3,(H,14,17)/b11-10+. The molecule has 0 aliphatic rings. The van der Waals surface area contributed by atoms with Crippen LogP contribution < -0.4 is 5.32 Å². The topological polar surface area (TPSA) is 78.8 Å². The van der Waals surface area contributed by atoms with Crippen LogP contribution in [-0.4, -0.2) is 11.0 Å². The number of carbonyl (C=O) groups is 1. The number of anilines is 1. The van der Waals surface area contributed by atoms with Crippen LogP contribution in [0.25, 0.3) is 0 Å². The van der Waals surface area contributed by atoms with E-state index in [0.29, 0.717) is 17.1 Å². The maximum Gasteiger partial charge on any atom is 0.281 e. The Morgan fingerprint density at radius 1 is 1.39 bits per heavy atom. The third-order valence-corrected chi connectivity index (χ3v) is 2.42. The lowest BCUT2D eigenvalue weighted by Crippen LogP contribution is -2.15. The Balaban J connectivity index is 2.83. The van der Waals surface area contributed by atoms with Crippen LogP contribution in [0.2, 0.25) is 5.02 Å². The summed E-state index contributed by atoms with van der Waals surface area (Å²) in [6.07, 6.45) is 0.841. The first-order valence-electron chi connectivity index (χ1n) is 5.40. The molecule has 0 bridgehead atoms. The molecule has 0 radical (unpaired) electrons. The van der Waals surface area contributed by atoms with E-state index in [4.69, 9.17) is 11.6 Å². The molecular formula is C12H13ClN2O3. The molecule has 1 aromatic carbocycles. The van der Waals surface area contributed by atoms with Crippen molar-refractivity contribution in [3.8, 4) is 0 Å². The third kappa shape index (κ3) is 3.85. The second-order valence-electron chi connectivity index (χ2n) is 3.60. The average molecular weight is 269 g/mol. The zero-order valence-electron chi connectivity index (χ0n) is 9.81. The zero-order chi connectivity index (χ0) is 13.5. The van der Waals surface area contributed by atoms with Gasteiger partial charge in [0.25, 0.3) is 5.91 Å². The Hall–Kier alpha value is -1.88. The first kappa shape index (κ1) is 14.2. The SMILES string of the molecule is CCC/C(O)=C(\N=O)C(=O)Nc1ccc(Cl)cc1. The normalized spacial score (nSPS) is 11.7. The Morgan fingerprint density at radius 2 is 2.00 bits per heavy atom. The van der Waals surface area contributed by atoms with Gasteiger partial charge in [0.1, 0.15) is 5.76 Å². The lowest BCUT2D eigenvalue weighted by atomic mass is 10.2. The maximum absolute atomic E-state index is 11.7. The molecule has 0 unspecified atom stereocenters. The summed E-state index contributed by atoms with van der Waals surface area (Å²) in [6, 6.07) is 6.36. The van der Waals surface area contributed by atoms with Crippen molar-refractivity contribution in [1.82, 2.24) is 0 Å². The lowest BCUT2D eigenvalue weighted by molar-refractivity contribution is -0.113. The largest absolute Gasteiger partial charge is 0.510 e. The molecular weight excluding hydrogens is 256 g/mol. The summed E-state index contributed by atoms with van der Waals surface area (Å²) in [6.45, 7) is 1.82. The number of amides is 1. The van der Waals surface area contributed by atoms with E-state index in [2.05, 4.69) is 10.5 Å². The van der Waals surface area contributed by atoms with Gasteiger partial charge in [-0.05, 0) is 35.9 Å². The summed E-state index contributed by atoms with van der Waals surface area (Å²) in [5, 5.41) is 15.1. The summed E-state index contributed by atoms with van der Waals surface area (Å²) in [5.74, 6) is -1.04. The Morgan fingerprint density at radius 3 is 2.50 bits per heavy atom. The number of nitrogens with one attached hydrogen (secondary N) is 1. The number of nitrogens with zero attached hydrogens (tertiary/aromatic N) is 1. The molecule has 0 atom stereocenters. The number of allylic oxidation sites excluding steroid dienone is 1. The van der Waals surface area contributed by atoms with Crippen molar-refractivity contribution < 1.29 is 9.90 Å². The molecule has 1 aromatic rings. The number of carbonyl (C=O) groups excluding carboxylic acids is 1. The molecule has 1 amide bonds. The van der Waals surface area contributed by atoms with E-state index in [9.17, 15) is 14.8 Å². The highest BCUT2D eigenvalue weighted by molar-refractivity contribution is 6.30. The molecule has 0 aromatic heterocycles. The van der Waals surface area contributed by atoms with E-state index < -0.39 is 11.6 Å². The minimum absolute atomic E-state index is 0.231. The van der Waals surface area contributed by atoms with E-state index in [1.54, 1.807) is 24.3 Å². The first-order chi connectivity index (χ1) is 8.58. The Bertz CT molecular complexity index is 469. The number of hydrogen-bond acceptors (Lipinski definition) is 4. The molecule has 0 heterocycles. The highest BCUT2D eigenvalue weighted by Gasteiger charge is 2.16. The molecule has 6 heteroatoms. The van der Waals surface area contributed by atoms with Gasteiger partial charge >= 0.3 is 0 Å². The van der Waals surface area contributed by atoms with Crippen LogP contribution in [0.1, 0.15) is 19.8 Å². The van der Waals surface area contributed by atoms with Gasteiger partial charge in [-0.3, -0.25) is 4.79 Å². The van der Waals surface area contributed by atoms with Crippen LogP contribution >= 0.6 is 11.6 Å². The fourth-order valence-corrected chi connectivity index (χ4v) is 1.43. The van der Waals surface area contributed by atoms with Crippen molar-refractivity contribution in [3.63, 3.8) is 0 Å². The summed E-state index contributed by atoms with van der Waals surface area (Å²) < 4.78 is 0. The number of aliphatic hydroxyl groups excluding tert-OH is 1. The van der Waals surface area contributed by atoms with Gasteiger partial charge in [-0.25, -0.2) is 0 Å². The smallest absolute Gasteiger partial charge is 0.281 e.